The van der Waals surface area contributed by atoms with E-state index < -0.39 is 0 Å². The molecule has 8 heteroatoms. The van der Waals surface area contributed by atoms with Gasteiger partial charge >= 0.3 is 0 Å². The zero-order chi connectivity index (χ0) is 20.9. The lowest BCUT2D eigenvalue weighted by molar-refractivity contribution is -0.115. The summed E-state index contributed by atoms with van der Waals surface area (Å²) in [6.45, 7) is 4.48. The number of carbonyl (C=O) groups excluding carboxylic acids is 1. The highest BCUT2D eigenvalue weighted by Crippen LogP contribution is 2.30. The average molecular weight is 462 g/mol. The van der Waals surface area contributed by atoms with E-state index in [9.17, 15) is 4.79 Å². The maximum absolute atomic E-state index is 12.4. The Balaban J connectivity index is 1.36. The Kier molecular flexibility index (Phi) is 7.02. The van der Waals surface area contributed by atoms with Crippen molar-refractivity contribution < 1.29 is 9.53 Å². The van der Waals surface area contributed by atoms with Crippen molar-refractivity contribution in [3.05, 3.63) is 69.1 Å². The molecule has 5 nitrogen and oxygen atoms in total. The molecular formula is C22H21Cl2N3O2S. The van der Waals surface area contributed by atoms with Gasteiger partial charge in [-0.05, 0) is 17.7 Å². The number of hydrogen-bond donors (Lipinski definition) is 1. The van der Waals surface area contributed by atoms with Gasteiger partial charge < -0.3 is 10.1 Å². The maximum Gasteiger partial charge on any atom is 0.230 e. The quantitative estimate of drug-likeness (QED) is 0.552. The highest BCUT2D eigenvalue weighted by Gasteiger charge is 2.13. The summed E-state index contributed by atoms with van der Waals surface area (Å²) in [5.41, 5.74) is 3.55. The number of hydrogen-bond acceptors (Lipinski definition) is 5. The molecule has 1 aromatic heterocycles. The molecule has 0 aliphatic carbocycles. The molecule has 1 fully saturated rings. The number of nitrogens with zero attached hydrogens (tertiary/aromatic N) is 2. The van der Waals surface area contributed by atoms with E-state index in [-0.39, 0.29) is 12.3 Å². The third-order valence-corrected chi connectivity index (χ3v) is 6.59. The molecule has 0 unspecified atom stereocenters. The lowest BCUT2D eigenvalue weighted by Crippen LogP contribution is -2.35. The minimum atomic E-state index is -0.183. The minimum absolute atomic E-state index is 0.175. The predicted octanol–water partition coefficient (Wildman–Crippen LogP) is 5.13. The third kappa shape index (κ3) is 5.39. The Bertz CT molecular complexity index is 1020. The first-order valence-corrected chi connectivity index (χ1v) is 11.3. The van der Waals surface area contributed by atoms with E-state index in [1.165, 1.54) is 16.9 Å². The number of aromatic nitrogens is 1. The number of rotatable bonds is 6. The van der Waals surface area contributed by atoms with Crippen LogP contribution in [0.5, 0.6) is 0 Å². The Morgan fingerprint density at radius 1 is 1.13 bits per heavy atom. The number of nitrogens with one attached hydrogen (secondary N) is 1. The number of halogens is 2. The van der Waals surface area contributed by atoms with Gasteiger partial charge in [0.15, 0.2) is 0 Å². The summed E-state index contributed by atoms with van der Waals surface area (Å²) in [6, 6.07) is 13.6. The molecule has 0 spiro atoms. The number of thiazole rings is 1. The van der Waals surface area contributed by atoms with E-state index in [4.69, 9.17) is 27.9 Å². The predicted molar refractivity (Wildman–Crippen MR) is 122 cm³/mol. The first-order chi connectivity index (χ1) is 14.6. The standard InChI is InChI=1S/C22H21Cl2N3O2S/c23-18-2-1-3-19(21(18)24)26-20(28)12-17-14-30-22(25-17)16-6-4-15(5-7-16)13-27-8-10-29-11-9-27/h1-7,14H,8-13H2,(H,26,28). The van der Waals surface area contributed by atoms with Crippen LogP contribution < -0.4 is 5.32 Å². The lowest BCUT2D eigenvalue weighted by Gasteiger charge is -2.26. The summed E-state index contributed by atoms with van der Waals surface area (Å²) >= 11 is 13.7. The molecule has 2 aromatic carbocycles. The second kappa shape index (κ2) is 9.90. The molecule has 1 aliphatic heterocycles. The largest absolute Gasteiger partial charge is 0.379 e. The first kappa shape index (κ1) is 21.3. The van der Waals surface area contributed by atoms with Gasteiger partial charge in [-0.2, -0.15) is 0 Å². The van der Waals surface area contributed by atoms with Crippen molar-refractivity contribution in [3.8, 4) is 10.6 Å². The molecule has 1 aliphatic rings. The fourth-order valence-corrected chi connectivity index (χ4v) is 4.42. The van der Waals surface area contributed by atoms with Gasteiger partial charge in [-0.15, -0.1) is 11.3 Å². The number of benzene rings is 2. The molecule has 1 N–H and O–H groups in total. The fourth-order valence-electron chi connectivity index (χ4n) is 3.25. The Morgan fingerprint density at radius 3 is 2.67 bits per heavy atom. The van der Waals surface area contributed by atoms with Crippen LogP contribution in [0.2, 0.25) is 10.0 Å². The molecule has 30 heavy (non-hydrogen) atoms. The van der Waals surface area contributed by atoms with Crippen LogP contribution >= 0.6 is 34.5 Å². The molecule has 4 rings (SSSR count). The van der Waals surface area contributed by atoms with Crippen LogP contribution in [0.4, 0.5) is 5.69 Å². The van der Waals surface area contributed by atoms with Crippen molar-refractivity contribution in [2.24, 2.45) is 0 Å². The van der Waals surface area contributed by atoms with Crippen LogP contribution in [0.15, 0.2) is 47.8 Å². The van der Waals surface area contributed by atoms with E-state index in [0.717, 1.165) is 49.1 Å². The van der Waals surface area contributed by atoms with Crippen LogP contribution in [0.1, 0.15) is 11.3 Å². The Hall–Kier alpha value is -1.96. The summed E-state index contributed by atoms with van der Waals surface area (Å²) in [5.74, 6) is -0.183. The first-order valence-electron chi connectivity index (χ1n) is 9.66. The fraction of sp³-hybridized carbons (Fsp3) is 0.273. The number of amides is 1. The SMILES string of the molecule is O=C(Cc1csc(-c2ccc(CN3CCOCC3)cc2)n1)Nc1cccc(Cl)c1Cl. The molecule has 2 heterocycles. The van der Waals surface area contributed by atoms with Crippen LogP contribution in [0.25, 0.3) is 10.6 Å². The van der Waals surface area contributed by atoms with Gasteiger partial charge in [0, 0.05) is 30.6 Å². The molecule has 1 amide bonds. The highest BCUT2D eigenvalue weighted by molar-refractivity contribution is 7.13. The van der Waals surface area contributed by atoms with Gasteiger partial charge in [-0.3, -0.25) is 9.69 Å². The van der Waals surface area contributed by atoms with Crippen molar-refractivity contribution in [2.75, 3.05) is 31.6 Å². The van der Waals surface area contributed by atoms with E-state index in [2.05, 4.69) is 39.5 Å². The summed E-state index contributed by atoms with van der Waals surface area (Å²) < 4.78 is 5.40. The third-order valence-electron chi connectivity index (χ3n) is 4.83. The second-order valence-electron chi connectivity index (χ2n) is 7.06. The van der Waals surface area contributed by atoms with Gasteiger partial charge in [0.1, 0.15) is 5.01 Å². The van der Waals surface area contributed by atoms with Crippen molar-refractivity contribution >= 4 is 46.1 Å². The van der Waals surface area contributed by atoms with Crippen LogP contribution in [0, 0.1) is 0 Å². The summed E-state index contributed by atoms with van der Waals surface area (Å²) in [4.78, 5) is 19.4. The molecule has 0 bridgehead atoms. The van der Waals surface area contributed by atoms with E-state index in [0.29, 0.717) is 15.7 Å². The number of carbonyl (C=O) groups is 1. The van der Waals surface area contributed by atoms with Gasteiger partial charge in [0.25, 0.3) is 0 Å². The number of ether oxygens (including phenoxy) is 1. The zero-order valence-electron chi connectivity index (χ0n) is 16.2. The lowest BCUT2D eigenvalue weighted by atomic mass is 10.1. The smallest absolute Gasteiger partial charge is 0.230 e. The van der Waals surface area contributed by atoms with Gasteiger partial charge in [-0.25, -0.2) is 4.98 Å². The van der Waals surface area contributed by atoms with Gasteiger partial charge in [-0.1, -0.05) is 53.5 Å². The molecule has 0 atom stereocenters. The maximum atomic E-state index is 12.4. The minimum Gasteiger partial charge on any atom is -0.379 e. The van der Waals surface area contributed by atoms with E-state index in [1.54, 1.807) is 18.2 Å². The molecule has 0 saturated carbocycles. The van der Waals surface area contributed by atoms with Crippen LogP contribution in [-0.2, 0) is 22.5 Å². The summed E-state index contributed by atoms with van der Waals surface area (Å²) in [7, 11) is 0. The zero-order valence-corrected chi connectivity index (χ0v) is 18.6. The van der Waals surface area contributed by atoms with Crippen molar-refractivity contribution in [1.29, 1.82) is 0 Å². The van der Waals surface area contributed by atoms with Gasteiger partial charge in [0.05, 0.1) is 41.1 Å². The van der Waals surface area contributed by atoms with Crippen molar-refractivity contribution in [3.63, 3.8) is 0 Å². The molecular weight excluding hydrogens is 441 g/mol. The van der Waals surface area contributed by atoms with Crippen molar-refractivity contribution in [1.82, 2.24) is 9.88 Å². The number of anilines is 1. The second-order valence-corrected chi connectivity index (χ2v) is 8.70. The highest BCUT2D eigenvalue weighted by atomic mass is 35.5. The molecule has 0 radical (unpaired) electrons. The molecule has 156 valence electrons. The molecule has 3 aromatic rings. The Morgan fingerprint density at radius 2 is 1.90 bits per heavy atom. The molecule has 1 saturated heterocycles. The summed E-state index contributed by atoms with van der Waals surface area (Å²) in [6.07, 6.45) is 0.175. The average Bonchev–Trinajstić information content (AvgIpc) is 3.21. The Labute approximate surface area is 189 Å². The van der Waals surface area contributed by atoms with Crippen LogP contribution in [-0.4, -0.2) is 42.1 Å². The van der Waals surface area contributed by atoms with Gasteiger partial charge in [0.2, 0.25) is 5.91 Å². The monoisotopic (exact) mass is 461 g/mol. The van der Waals surface area contributed by atoms with Crippen molar-refractivity contribution in [2.45, 2.75) is 13.0 Å². The van der Waals surface area contributed by atoms with E-state index in [1.807, 2.05) is 5.38 Å². The topological polar surface area (TPSA) is 54.5 Å². The number of morpholine rings is 1. The normalized spacial score (nSPS) is 14.6. The van der Waals surface area contributed by atoms with E-state index >= 15 is 0 Å². The van der Waals surface area contributed by atoms with Crippen LogP contribution in [0.3, 0.4) is 0 Å². The summed E-state index contributed by atoms with van der Waals surface area (Å²) in [5, 5.41) is 6.34.